The Labute approximate surface area is 109 Å². The van der Waals surface area contributed by atoms with E-state index in [0.29, 0.717) is 11.1 Å². The molecule has 4 N–H and O–H groups in total. The molecule has 0 amide bonds. The van der Waals surface area contributed by atoms with E-state index in [1.807, 2.05) is 0 Å². The first-order valence-electron chi connectivity index (χ1n) is 5.79. The largest absolute Gasteiger partial charge is 0.481 e. The van der Waals surface area contributed by atoms with Crippen LogP contribution in [0.4, 0.5) is 4.39 Å². The summed E-state index contributed by atoms with van der Waals surface area (Å²) in [6, 6.07) is 5.22. The van der Waals surface area contributed by atoms with Crippen LogP contribution in [0.5, 0.6) is 0 Å². The molecule has 0 aliphatic rings. The summed E-state index contributed by atoms with van der Waals surface area (Å²) in [5.41, 5.74) is 6.56. The van der Waals surface area contributed by atoms with Crippen molar-refractivity contribution in [2.75, 3.05) is 0 Å². The highest BCUT2D eigenvalue weighted by Crippen LogP contribution is 2.15. The summed E-state index contributed by atoms with van der Waals surface area (Å²) in [4.78, 5) is 21.7. The van der Waals surface area contributed by atoms with Gasteiger partial charge in [-0.3, -0.25) is 9.59 Å². The number of benzene rings is 1. The second-order valence-electron chi connectivity index (χ2n) is 4.37. The third kappa shape index (κ3) is 4.67. The van der Waals surface area contributed by atoms with Crippen LogP contribution in [0.25, 0.3) is 0 Å². The summed E-state index contributed by atoms with van der Waals surface area (Å²) in [6.07, 6.45) is 0.0262. The number of rotatable bonds is 7. The van der Waals surface area contributed by atoms with Crippen LogP contribution in [0, 0.1) is 5.92 Å². The van der Waals surface area contributed by atoms with Crippen molar-refractivity contribution in [1.82, 2.24) is 0 Å². The van der Waals surface area contributed by atoms with Crippen LogP contribution in [0.3, 0.4) is 0 Å². The minimum atomic E-state index is -1.22. The van der Waals surface area contributed by atoms with Gasteiger partial charge in [-0.15, -0.1) is 0 Å². The smallest absolute Gasteiger partial charge is 0.320 e. The summed E-state index contributed by atoms with van der Waals surface area (Å²) in [5, 5.41) is 17.7. The zero-order valence-corrected chi connectivity index (χ0v) is 10.3. The van der Waals surface area contributed by atoms with E-state index in [4.69, 9.17) is 15.9 Å². The van der Waals surface area contributed by atoms with Gasteiger partial charge < -0.3 is 15.9 Å². The van der Waals surface area contributed by atoms with Crippen LogP contribution in [0.15, 0.2) is 24.3 Å². The summed E-state index contributed by atoms with van der Waals surface area (Å²) in [7, 11) is 0. The number of nitrogens with two attached hydrogens (primary N) is 1. The second kappa shape index (κ2) is 6.84. The number of hydrogen-bond donors (Lipinski definition) is 3. The molecule has 2 unspecified atom stereocenters. The van der Waals surface area contributed by atoms with E-state index in [1.54, 1.807) is 24.3 Å². The monoisotopic (exact) mass is 269 g/mol. The molecule has 2 atom stereocenters. The van der Waals surface area contributed by atoms with E-state index < -0.39 is 30.6 Å². The maximum Gasteiger partial charge on any atom is 0.320 e. The van der Waals surface area contributed by atoms with Crippen LogP contribution < -0.4 is 5.73 Å². The maximum atomic E-state index is 12.3. The minimum Gasteiger partial charge on any atom is -0.481 e. The quantitative estimate of drug-likeness (QED) is 0.690. The van der Waals surface area contributed by atoms with Crippen molar-refractivity contribution in [3.05, 3.63) is 35.4 Å². The van der Waals surface area contributed by atoms with E-state index in [0.717, 1.165) is 0 Å². The summed E-state index contributed by atoms with van der Waals surface area (Å²) < 4.78 is 12.3. The Hall–Kier alpha value is -1.95. The second-order valence-corrected chi connectivity index (χ2v) is 4.37. The van der Waals surface area contributed by atoms with E-state index in [-0.39, 0.29) is 12.8 Å². The molecule has 1 aromatic rings. The highest BCUT2D eigenvalue weighted by Gasteiger charge is 2.24. The molecule has 0 saturated heterocycles. The fourth-order valence-corrected chi connectivity index (χ4v) is 1.73. The molecule has 5 nitrogen and oxygen atoms in total. The molecule has 1 aromatic carbocycles. The molecule has 0 aromatic heterocycles. The van der Waals surface area contributed by atoms with Crippen molar-refractivity contribution in [3.8, 4) is 0 Å². The molecule has 0 bridgehead atoms. The number of alkyl halides is 1. The molecule has 0 heterocycles. The number of hydrogen-bond acceptors (Lipinski definition) is 3. The summed E-state index contributed by atoms with van der Waals surface area (Å²) in [5.74, 6) is -3.19. The van der Waals surface area contributed by atoms with E-state index in [1.165, 1.54) is 0 Å². The maximum absolute atomic E-state index is 12.3. The van der Waals surface area contributed by atoms with Gasteiger partial charge in [0.2, 0.25) is 0 Å². The van der Waals surface area contributed by atoms with Gasteiger partial charge in [0.15, 0.2) is 0 Å². The van der Waals surface area contributed by atoms with Gasteiger partial charge in [0, 0.05) is 0 Å². The first kappa shape index (κ1) is 15.1. The van der Waals surface area contributed by atoms with E-state index >= 15 is 0 Å². The lowest BCUT2D eigenvalue weighted by Crippen LogP contribution is -2.35. The molecule has 1 rings (SSSR count). The van der Waals surface area contributed by atoms with Crippen molar-refractivity contribution in [1.29, 1.82) is 0 Å². The Morgan fingerprint density at radius 1 is 1.11 bits per heavy atom. The zero-order chi connectivity index (χ0) is 14.4. The Kier molecular flexibility index (Phi) is 5.44. The lowest BCUT2D eigenvalue weighted by atomic mass is 9.92. The van der Waals surface area contributed by atoms with Crippen LogP contribution in [-0.2, 0) is 22.7 Å². The molecule has 19 heavy (non-hydrogen) atoms. The van der Waals surface area contributed by atoms with Crippen LogP contribution in [0.1, 0.15) is 17.5 Å². The van der Waals surface area contributed by atoms with Gasteiger partial charge in [0.1, 0.15) is 12.7 Å². The molecule has 0 spiro atoms. The minimum absolute atomic E-state index is 0.143. The zero-order valence-electron chi connectivity index (χ0n) is 10.3. The Morgan fingerprint density at radius 2 is 1.63 bits per heavy atom. The highest BCUT2D eigenvalue weighted by atomic mass is 19.1. The average molecular weight is 269 g/mol. The molecule has 0 aliphatic carbocycles. The van der Waals surface area contributed by atoms with Crippen molar-refractivity contribution in [3.63, 3.8) is 0 Å². The van der Waals surface area contributed by atoms with Gasteiger partial charge in [-0.1, -0.05) is 24.3 Å². The van der Waals surface area contributed by atoms with Gasteiger partial charge in [-0.25, -0.2) is 4.39 Å². The predicted octanol–water partition coefficient (Wildman–Crippen LogP) is 1.20. The van der Waals surface area contributed by atoms with Crippen molar-refractivity contribution in [2.24, 2.45) is 11.7 Å². The van der Waals surface area contributed by atoms with Gasteiger partial charge in [-0.2, -0.15) is 0 Å². The van der Waals surface area contributed by atoms with Crippen LogP contribution >= 0.6 is 0 Å². The third-order valence-electron chi connectivity index (χ3n) is 2.86. The SMILES string of the molecule is NC(CC(Cc1ccc(CF)cc1)C(=O)O)C(=O)O. The first-order valence-corrected chi connectivity index (χ1v) is 5.79. The third-order valence-corrected chi connectivity index (χ3v) is 2.86. The molecular formula is C13H16FNO4. The van der Waals surface area contributed by atoms with Crippen molar-refractivity contribution < 1.29 is 24.2 Å². The van der Waals surface area contributed by atoms with E-state index in [9.17, 15) is 14.0 Å². The first-order chi connectivity index (χ1) is 8.93. The van der Waals surface area contributed by atoms with Crippen LogP contribution in [-0.4, -0.2) is 28.2 Å². The highest BCUT2D eigenvalue weighted by molar-refractivity contribution is 5.76. The molecular weight excluding hydrogens is 253 g/mol. The lowest BCUT2D eigenvalue weighted by Gasteiger charge is -2.15. The van der Waals surface area contributed by atoms with Crippen LogP contribution in [0.2, 0.25) is 0 Å². The number of halogens is 1. The summed E-state index contributed by atoms with van der Waals surface area (Å²) in [6.45, 7) is -0.577. The average Bonchev–Trinajstić information content (AvgIpc) is 2.38. The number of carboxylic acid groups (broad SMARTS) is 2. The summed E-state index contributed by atoms with van der Waals surface area (Å²) >= 11 is 0. The van der Waals surface area contributed by atoms with E-state index in [2.05, 4.69) is 0 Å². The fourth-order valence-electron chi connectivity index (χ4n) is 1.73. The molecule has 104 valence electrons. The standard InChI is InChI=1S/C13H16FNO4/c14-7-9-3-1-8(2-4-9)5-10(12(16)17)6-11(15)13(18)19/h1-4,10-11H,5-7,15H2,(H,16,17)(H,18,19). The topological polar surface area (TPSA) is 101 Å². The Morgan fingerprint density at radius 3 is 2.05 bits per heavy atom. The van der Waals surface area contributed by atoms with Gasteiger partial charge >= 0.3 is 11.9 Å². The predicted molar refractivity (Wildman–Crippen MR) is 66.3 cm³/mol. The number of aliphatic carboxylic acids is 2. The van der Waals surface area contributed by atoms with Crippen molar-refractivity contribution >= 4 is 11.9 Å². The lowest BCUT2D eigenvalue weighted by molar-refractivity contribution is -0.143. The van der Waals surface area contributed by atoms with Crippen molar-refractivity contribution in [2.45, 2.75) is 25.6 Å². The fraction of sp³-hybridized carbons (Fsp3) is 0.385. The molecule has 0 aliphatic heterocycles. The van der Waals surface area contributed by atoms with Gasteiger partial charge in [-0.05, 0) is 24.0 Å². The number of carbonyl (C=O) groups is 2. The normalized spacial score (nSPS) is 13.8. The Balaban J connectivity index is 2.72. The molecule has 0 saturated carbocycles. The number of carboxylic acids is 2. The molecule has 0 radical (unpaired) electrons. The molecule has 6 heteroatoms. The molecule has 0 fully saturated rings. The Bertz CT molecular complexity index is 446. The van der Waals surface area contributed by atoms with Gasteiger partial charge in [0.05, 0.1) is 5.92 Å². The van der Waals surface area contributed by atoms with Gasteiger partial charge in [0.25, 0.3) is 0 Å².